The van der Waals surface area contributed by atoms with Gasteiger partial charge in [-0.3, -0.25) is 0 Å². The second-order valence-corrected chi connectivity index (χ2v) is 5.35. The fourth-order valence-corrected chi connectivity index (χ4v) is 2.89. The first-order valence-corrected chi connectivity index (χ1v) is 4.66. The Bertz CT molecular complexity index is 206. The van der Waals surface area contributed by atoms with Gasteiger partial charge in [0.15, 0.2) is 0 Å². The average molecular weight is 170 g/mol. The van der Waals surface area contributed by atoms with Gasteiger partial charge in [0.1, 0.15) is 0 Å². The first-order chi connectivity index (χ1) is 5.47. The average Bonchev–Trinajstić information content (AvgIpc) is 2.50. The summed E-state index contributed by atoms with van der Waals surface area (Å²) in [4.78, 5) is 0. The van der Waals surface area contributed by atoms with Crippen LogP contribution in [0.25, 0.3) is 0 Å². The normalized spacial score (nSPS) is 42.0. The van der Waals surface area contributed by atoms with Crippen molar-refractivity contribution in [2.45, 2.75) is 27.2 Å². The maximum absolute atomic E-state index is 9.44. The summed E-state index contributed by atoms with van der Waals surface area (Å²) < 4.78 is 5.25. The van der Waals surface area contributed by atoms with Gasteiger partial charge in [0.25, 0.3) is 0 Å². The standard InChI is InChI=1S/C10H18O2/c1-8(2)4-10(8,5-11)9(3)6-12-7-9/h11H,4-7H2,1-3H3. The molecule has 0 spiro atoms. The van der Waals surface area contributed by atoms with Crippen LogP contribution in [0.4, 0.5) is 0 Å². The third-order valence-corrected chi connectivity index (χ3v) is 4.18. The maximum Gasteiger partial charge on any atom is 0.0548 e. The van der Waals surface area contributed by atoms with Gasteiger partial charge in [-0.2, -0.15) is 0 Å². The first-order valence-electron chi connectivity index (χ1n) is 4.66. The highest BCUT2D eigenvalue weighted by molar-refractivity contribution is 5.18. The van der Waals surface area contributed by atoms with Crippen LogP contribution in [-0.4, -0.2) is 24.9 Å². The molecule has 2 rings (SSSR count). The zero-order valence-corrected chi connectivity index (χ0v) is 8.18. The quantitative estimate of drug-likeness (QED) is 0.679. The van der Waals surface area contributed by atoms with Gasteiger partial charge >= 0.3 is 0 Å². The molecule has 2 nitrogen and oxygen atoms in total. The zero-order chi connectivity index (χ0) is 9.04. The van der Waals surface area contributed by atoms with Crippen LogP contribution in [0.5, 0.6) is 0 Å². The van der Waals surface area contributed by atoms with Crippen molar-refractivity contribution in [2.24, 2.45) is 16.2 Å². The highest BCUT2D eigenvalue weighted by Crippen LogP contribution is 2.72. The molecule has 0 aromatic rings. The molecule has 2 aliphatic rings. The molecule has 1 aliphatic carbocycles. The summed E-state index contributed by atoms with van der Waals surface area (Å²) in [5, 5.41) is 9.44. The van der Waals surface area contributed by atoms with Crippen LogP contribution in [0.15, 0.2) is 0 Å². The van der Waals surface area contributed by atoms with E-state index in [2.05, 4.69) is 20.8 Å². The van der Waals surface area contributed by atoms with Crippen LogP contribution in [0, 0.1) is 16.2 Å². The summed E-state index contributed by atoms with van der Waals surface area (Å²) in [6.07, 6.45) is 1.15. The second kappa shape index (κ2) is 2.05. The number of hydrogen-bond acceptors (Lipinski definition) is 2. The van der Waals surface area contributed by atoms with Gasteiger partial charge in [-0.15, -0.1) is 0 Å². The molecule has 0 amide bonds. The molecule has 2 fully saturated rings. The molecule has 1 unspecified atom stereocenters. The summed E-state index contributed by atoms with van der Waals surface area (Å²) in [6, 6.07) is 0. The van der Waals surface area contributed by atoms with Crippen LogP contribution in [0.2, 0.25) is 0 Å². The Morgan fingerprint density at radius 2 is 1.75 bits per heavy atom. The van der Waals surface area contributed by atoms with Gasteiger partial charge in [-0.05, 0) is 11.8 Å². The molecule has 0 radical (unpaired) electrons. The molecule has 1 atom stereocenters. The number of rotatable bonds is 2. The Balaban J connectivity index is 2.21. The van der Waals surface area contributed by atoms with Crippen LogP contribution in [0.3, 0.4) is 0 Å². The largest absolute Gasteiger partial charge is 0.396 e. The lowest BCUT2D eigenvalue weighted by molar-refractivity contribution is -0.162. The van der Waals surface area contributed by atoms with E-state index in [4.69, 9.17) is 4.74 Å². The molecule has 0 aromatic carbocycles. The van der Waals surface area contributed by atoms with E-state index in [1.807, 2.05) is 0 Å². The van der Waals surface area contributed by atoms with E-state index < -0.39 is 0 Å². The van der Waals surface area contributed by atoms with Crippen LogP contribution < -0.4 is 0 Å². The molecular weight excluding hydrogens is 152 g/mol. The fraction of sp³-hybridized carbons (Fsp3) is 1.00. The Kier molecular flexibility index (Phi) is 1.45. The third kappa shape index (κ3) is 0.728. The molecule has 1 saturated heterocycles. The fourth-order valence-electron chi connectivity index (χ4n) is 2.89. The summed E-state index contributed by atoms with van der Waals surface area (Å²) >= 11 is 0. The third-order valence-electron chi connectivity index (χ3n) is 4.18. The molecule has 12 heavy (non-hydrogen) atoms. The minimum Gasteiger partial charge on any atom is -0.396 e. The molecule has 1 heterocycles. The SMILES string of the molecule is CC1(C)CC1(CO)C1(C)COC1. The highest BCUT2D eigenvalue weighted by atomic mass is 16.5. The van der Waals surface area contributed by atoms with Gasteiger partial charge in [-0.25, -0.2) is 0 Å². The first kappa shape index (κ1) is 8.52. The van der Waals surface area contributed by atoms with Crippen molar-refractivity contribution in [3.8, 4) is 0 Å². The lowest BCUT2D eigenvalue weighted by atomic mass is 9.69. The van der Waals surface area contributed by atoms with E-state index in [1.165, 1.54) is 0 Å². The topological polar surface area (TPSA) is 29.5 Å². The predicted molar refractivity (Wildman–Crippen MR) is 46.8 cm³/mol. The van der Waals surface area contributed by atoms with Crippen molar-refractivity contribution in [3.63, 3.8) is 0 Å². The summed E-state index contributed by atoms with van der Waals surface area (Å²) in [5.41, 5.74) is 0.712. The van der Waals surface area contributed by atoms with Crippen molar-refractivity contribution < 1.29 is 9.84 Å². The minimum absolute atomic E-state index is 0.151. The summed E-state index contributed by atoms with van der Waals surface area (Å²) in [7, 11) is 0. The van der Waals surface area contributed by atoms with Gasteiger partial charge in [0.2, 0.25) is 0 Å². The van der Waals surface area contributed by atoms with E-state index >= 15 is 0 Å². The molecule has 0 bridgehead atoms. The van der Waals surface area contributed by atoms with Crippen LogP contribution >= 0.6 is 0 Å². The van der Waals surface area contributed by atoms with E-state index in [1.54, 1.807) is 0 Å². The Labute approximate surface area is 73.9 Å². The molecule has 2 heteroatoms. The van der Waals surface area contributed by atoms with E-state index in [9.17, 15) is 5.11 Å². The Morgan fingerprint density at radius 1 is 1.25 bits per heavy atom. The number of ether oxygens (including phenoxy) is 1. The monoisotopic (exact) mass is 170 g/mol. The molecule has 70 valence electrons. The molecular formula is C10H18O2. The van der Waals surface area contributed by atoms with E-state index in [0.29, 0.717) is 12.0 Å². The van der Waals surface area contributed by atoms with Crippen molar-refractivity contribution in [2.75, 3.05) is 19.8 Å². The smallest absolute Gasteiger partial charge is 0.0548 e. The van der Waals surface area contributed by atoms with E-state index in [-0.39, 0.29) is 10.8 Å². The summed E-state index contributed by atoms with van der Waals surface area (Å²) in [5.74, 6) is 0. The zero-order valence-electron chi connectivity index (χ0n) is 8.18. The minimum atomic E-state index is 0.151. The number of aliphatic hydroxyl groups is 1. The van der Waals surface area contributed by atoms with Crippen molar-refractivity contribution in [3.05, 3.63) is 0 Å². The highest BCUT2D eigenvalue weighted by Gasteiger charge is 2.71. The lowest BCUT2D eigenvalue weighted by Crippen LogP contribution is -2.50. The summed E-state index contributed by atoms with van der Waals surface area (Å²) in [6.45, 7) is 8.70. The van der Waals surface area contributed by atoms with E-state index in [0.717, 1.165) is 19.6 Å². The predicted octanol–water partition coefficient (Wildman–Crippen LogP) is 1.43. The van der Waals surface area contributed by atoms with Gasteiger partial charge in [-0.1, -0.05) is 20.8 Å². The molecule has 1 aliphatic heterocycles. The van der Waals surface area contributed by atoms with Crippen LogP contribution in [0.1, 0.15) is 27.2 Å². The molecule has 1 N–H and O–H groups in total. The second-order valence-electron chi connectivity index (χ2n) is 5.35. The number of hydrogen-bond donors (Lipinski definition) is 1. The van der Waals surface area contributed by atoms with Crippen molar-refractivity contribution >= 4 is 0 Å². The lowest BCUT2D eigenvalue weighted by Gasteiger charge is -2.46. The van der Waals surface area contributed by atoms with Gasteiger partial charge in [0.05, 0.1) is 13.2 Å². The van der Waals surface area contributed by atoms with Crippen molar-refractivity contribution in [1.82, 2.24) is 0 Å². The Morgan fingerprint density at radius 3 is 1.83 bits per heavy atom. The van der Waals surface area contributed by atoms with Gasteiger partial charge in [0, 0.05) is 17.4 Å². The maximum atomic E-state index is 9.44. The van der Waals surface area contributed by atoms with Crippen LogP contribution in [-0.2, 0) is 4.74 Å². The Hall–Kier alpha value is -0.0800. The number of aliphatic hydroxyl groups excluding tert-OH is 1. The molecule has 0 aromatic heterocycles. The van der Waals surface area contributed by atoms with Gasteiger partial charge < -0.3 is 9.84 Å². The molecule has 1 saturated carbocycles. The van der Waals surface area contributed by atoms with Crippen molar-refractivity contribution in [1.29, 1.82) is 0 Å².